The van der Waals surface area contributed by atoms with E-state index in [0.29, 0.717) is 6.04 Å². The van der Waals surface area contributed by atoms with E-state index in [0.717, 1.165) is 57.2 Å². The Morgan fingerprint density at radius 3 is 2.67 bits per heavy atom. The van der Waals surface area contributed by atoms with Crippen LogP contribution in [0.25, 0.3) is 0 Å². The lowest BCUT2D eigenvalue weighted by Gasteiger charge is -2.26. The van der Waals surface area contributed by atoms with Gasteiger partial charge in [-0.3, -0.25) is 4.90 Å². The average Bonchev–Trinajstić information content (AvgIpc) is 2.99. The van der Waals surface area contributed by atoms with Crippen LogP contribution in [-0.2, 0) is 6.54 Å². The zero-order chi connectivity index (χ0) is 15.1. The first-order chi connectivity index (χ1) is 10.3. The number of likely N-dealkylation sites (N-methyl/N-ethyl adjacent to an activating group) is 1. The summed E-state index contributed by atoms with van der Waals surface area (Å²) in [7, 11) is 0. The second kappa shape index (κ2) is 8.29. The summed E-state index contributed by atoms with van der Waals surface area (Å²) in [6, 6.07) is 4.86. The van der Waals surface area contributed by atoms with Crippen molar-refractivity contribution in [1.29, 1.82) is 0 Å². The third kappa shape index (κ3) is 4.38. The number of anilines is 1. The highest BCUT2D eigenvalue weighted by molar-refractivity contribution is 5.39. The summed E-state index contributed by atoms with van der Waals surface area (Å²) >= 11 is 0. The predicted octanol–water partition coefficient (Wildman–Crippen LogP) is 1.90. The van der Waals surface area contributed by atoms with Gasteiger partial charge in [-0.2, -0.15) is 5.10 Å². The molecular formula is C16H29N5. The van der Waals surface area contributed by atoms with E-state index >= 15 is 0 Å². The van der Waals surface area contributed by atoms with E-state index in [9.17, 15) is 0 Å². The summed E-state index contributed by atoms with van der Waals surface area (Å²) in [5.41, 5.74) is 1.02. The maximum absolute atomic E-state index is 4.40. The highest BCUT2D eigenvalue weighted by Gasteiger charge is 2.26. The molecule has 0 aromatic carbocycles. The Hall–Kier alpha value is -1.20. The summed E-state index contributed by atoms with van der Waals surface area (Å²) in [5, 5.41) is 12.1. The van der Waals surface area contributed by atoms with Crippen molar-refractivity contribution >= 4 is 5.82 Å². The smallest absolute Gasteiger partial charge is 0.151 e. The first-order valence-corrected chi connectivity index (χ1v) is 8.30. The second-order valence-electron chi connectivity index (χ2n) is 5.67. The first-order valence-electron chi connectivity index (χ1n) is 8.30. The standard InChI is InChI=1S/C16H29N5/c1-4-10-17-12-14-7-8-16(19-18-14)21-11-9-15(13-21)20(5-2)6-3/h7-8,15,17H,4-6,9-13H2,1-3H3. The van der Waals surface area contributed by atoms with E-state index in [1.807, 2.05) is 0 Å². The molecule has 0 saturated carbocycles. The maximum Gasteiger partial charge on any atom is 0.151 e. The van der Waals surface area contributed by atoms with Crippen LogP contribution in [0.4, 0.5) is 5.82 Å². The topological polar surface area (TPSA) is 44.3 Å². The fraction of sp³-hybridized carbons (Fsp3) is 0.750. The molecule has 1 N–H and O–H groups in total. The van der Waals surface area contributed by atoms with Crippen LogP contribution in [0.5, 0.6) is 0 Å². The van der Waals surface area contributed by atoms with E-state index in [2.05, 4.69) is 58.2 Å². The number of aromatic nitrogens is 2. The van der Waals surface area contributed by atoms with Crippen molar-refractivity contribution in [2.24, 2.45) is 0 Å². The SMILES string of the molecule is CCCNCc1ccc(N2CCC(N(CC)CC)C2)nn1. The van der Waals surface area contributed by atoms with Crippen molar-refractivity contribution in [3.8, 4) is 0 Å². The first kappa shape index (κ1) is 16.2. The molecule has 2 heterocycles. The molecule has 1 fully saturated rings. The van der Waals surface area contributed by atoms with Crippen molar-refractivity contribution in [3.63, 3.8) is 0 Å². The molecule has 5 nitrogen and oxygen atoms in total. The molecular weight excluding hydrogens is 262 g/mol. The summed E-state index contributed by atoms with van der Waals surface area (Å²) in [6.07, 6.45) is 2.37. The van der Waals surface area contributed by atoms with E-state index in [1.165, 1.54) is 6.42 Å². The normalized spacial score (nSPS) is 18.7. The van der Waals surface area contributed by atoms with Gasteiger partial charge < -0.3 is 10.2 Å². The minimum Gasteiger partial charge on any atom is -0.354 e. The van der Waals surface area contributed by atoms with Crippen molar-refractivity contribution in [1.82, 2.24) is 20.4 Å². The average molecular weight is 291 g/mol. The van der Waals surface area contributed by atoms with Crippen LogP contribution in [0.3, 0.4) is 0 Å². The predicted molar refractivity (Wildman–Crippen MR) is 87.6 cm³/mol. The third-order valence-electron chi connectivity index (χ3n) is 4.25. The number of hydrogen-bond donors (Lipinski definition) is 1. The molecule has 1 aromatic rings. The molecule has 0 amide bonds. The molecule has 0 aliphatic carbocycles. The van der Waals surface area contributed by atoms with E-state index in [-0.39, 0.29) is 0 Å². The lowest BCUT2D eigenvalue weighted by molar-refractivity contribution is 0.232. The minimum atomic E-state index is 0.660. The van der Waals surface area contributed by atoms with Gasteiger partial charge in [0.05, 0.1) is 5.69 Å². The van der Waals surface area contributed by atoms with Crippen molar-refractivity contribution in [3.05, 3.63) is 17.8 Å². The van der Waals surface area contributed by atoms with Gasteiger partial charge in [-0.1, -0.05) is 20.8 Å². The van der Waals surface area contributed by atoms with Crippen LogP contribution in [0.1, 0.15) is 39.3 Å². The maximum atomic E-state index is 4.40. The highest BCUT2D eigenvalue weighted by atomic mass is 15.3. The number of hydrogen-bond acceptors (Lipinski definition) is 5. The second-order valence-corrected chi connectivity index (χ2v) is 5.67. The molecule has 1 saturated heterocycles. The van der Waals surface area contributed by atoms with Gasteiger partial charge in [0, 0.05) is 25.7 Å². The molecule has 5 heteroatoms. The number of nitrogens with one attached hydrogen (secondary N) is 1. The molecule has 118 valence electrons. The molecule has 1 aliphatic rings. The molecule has 0 bridgehead atoms. The molecule has 1 atom stereocenters. The Balaban J connectivity index is 1.88. The number of rotatable bonds is 8. The summed E-state index contributed by atoms with van der Waals surface area (Å²) in [6.45, 7) is 12.9. The van der Waals surface area contributed by atoms with Crippen molar-refractivity contribution < 1.29 is 0 Å². The zero-order valence-corrected chi connectivity index (χ0v) is 13.7. The van der Waals surface area contributed by atoms with Gasteiger partial charge in [0.25, 0.3) is 0 Å². The lowest BCUT2D eigenvalue weighted by Crippen LogP contribution is -2.37. The Labute approximate surface area is 128 Å². The monoisotopic (exact) mass is 291 g/mol. The Morgan fingerprint density at radius 2 is 2.05 bits per heavy atom. The molecule has 1 aromatic heterocycles. The summed E-state index contributed by atoms with van der Waals surface area (Å²) in [5.74, 6) is 1.02. The molecule has 0 radical (unpaired) electrons. The van der Waals surface area contributed by atoms with Gasteiger partial charge in [-0.15, -0.1) is 5.10 Å². The van der Waals surface area contributed by atoms with E-state index in [4.69, 9.17) is 0 Å². The van der Waals surface area contributed by atoms with Gasteiger partial charge >= 0.3 is 0 Å². The molecule has 1 unspecified atom stereocenters. The van der Waals surface area contributed by atoms with Crippen LogP contribution in [0, 0.1) is 0 Å². The van der Waals surface area contributed by atoms with Gasteiger partial charge in [0.1, 0.15) is 0 Å². The van der Waals surface area contributed by atoms with Crippen molar-refractivity contribution in [2.75, 3.05) is 37.6 Å². The Kier molecular flexibility index (Phi) is 6.39. The Morgan fingerprint density at radius 1 is 1.24 bits per heavy atom. The van der Waals surface area contributed by atoms with Crippen LogP contribution in [0.2, 0.25) is 0 Å². The number of nitrogens with zero attached hydrogens (tertiary/aromatic N) is 4. The third-order valence-corrected chi connectivity index (χ3v) is 4.25. The minimum absolute atomic E-state index is 0.660. The van der Waals surface area contributed by atoms with Crippen LogP contribution >= 0.6 is 0 Å². The summed E-state index contributed by atoms with van der Waals surface area (Å²) < 4.78 is 0. The zero-order valence-electron chi connectivity index (χ0n) is 13.7. The van der Waals surface area contributed by atoms with Gasteiger partial charge in [-0.25, -0.2) is 0 Å². The molecule has 21 heavy (non-hydrogen) atoms. The van der Waals surface area contributed by atoms with Crippen LogP contribution in [-0.4, -0.2) is 53.9 Å². The van der Waals surface area contributed by atoms with Gasteiger partial charge in [0.15, 0.2) is 5.82 Å². The van der Waals surface area contributed by atoms with E-state index < -0.39 is 0 Å². The molecule has 2 rings (SSSR count). The fourth-order valence-corrected chi connectivity index (χ4v) is 3.00. The largest absolute Gasteiger partial charge is 0.354 e. The molecule has 1 aliphatic heterocycles. The summed E-state index contributed by atoms with van der Waals surface area (Å²) in [4.78, 5) is 4.90. The van der Waals surface area contributed by atoms with Gasteiger partial charge in [0.2, 0.25) is 0 Å². The molecule has 0 spiro atoms. The van der Waals surface area contributed by atoms with Gasteiger partial charge in [-0.05, 0) is 44.6 Å². The van der Waals surface area contributed by atoms with E-state index in [1.54, 1.807) is 0 Å². The lowest BCUT2D eigenvalue weighted by atomic mass is 10.2. The Bertz CT molecular complexity index is 402. The fourth-order valence-electron chi connectivity index (χ4n) is 3.00. The van der Waals surface area contributed by atoms with Crippen molar-refractivity contribution in [2.45, 2.75) is 46.2 Å². The van der Waals surface area contributed by atoms with Crippen LogP contribution < -0.4 is 10.2 Å². The van der Waals surface area contributed by atoms with Crippen LogP contribution in [0.15, 0.2) is 12.1 Å². The highest BCUT2D eigenvalue weighted by Crippen LogP contribution is 2.20. The quantitative estimate of drug-likeness (QED) is 0.741.